The predicted molar refractivity (Wildman–Crippen MR) is 95.2 cm³/mol. The molecule has 2 aromatic carbocycles. The first-order valence-electron chi connectivity index (χ1n) is 7.71. The Morgan fingerprint density at radius 3 is 2.40 bits per heavy atom. The molecule has 132 valence electrons. The topological polar surface area (TPSA) is 84.9 Å². The minimum Gasteiger partial charge on any atom is -0.497 e. The minimum absolute atomic E-state index is 0.119. The lowest BCUT2D eigenvalue weighted by Gasteiger charge is -2.19. The summed E-state index contributed by atoms with van der Waals surface area (Å²) < 4.78 is 10.3. The predicted octanol–water partition coefficient (Wildman–Crippen LogP) is 4.41. The highest BCUT2D eigenvalue weighted by atomic mass is 16.6. The van der Waals surface area contributed by atoms with Gasteiger partial charge < -0.3 is 14.6 Å². The summed E-state index contributed by atoms with van der Waals surface area (Å²) in [5, 5.41) is 12.1. The molecule has 0 radical (unpaired) electrons. The number of methoxy groups -OCH3 is 1. The number of hydrogen-bond donors (Lipinski definition) is 2. The molecule has 0 aliphatic carbocycles. The Bertz CT molecular complexity index is 793. The van der Waals surface area contributed by atoms with Crippen LogP contribution in [0, 0.1) is 0 Å². The van der Waals surface area contributed by atoms with E-state index in [-0.39, 0.29) is 5.56 Å². The Balaban J connectivity index is 2.33. The van der Waals surface area contributed by atoms with Gasteiger partial charge in [0.25, 0.3) is 0 Å². The number of ether oxygens (including phenoxy) is 2. The fourth-order valence-electron chi connectivity index (χ4n) is 2.26. The first-order valence-corrected chi connectivity index (χ1v) is 7.71. The maximum Gasteiger partial charge on any atom is 0.412 e. The zero-order valence-corrected chi connectivity index (χ0v) is 14.6. The SMILES string of the molecule is COc1ccc(-c2cccc(NC(=O)OC(C)(C)C)c2)c(C(=O)O)c1. The van der Waals surface area contributed by atoms with Gasteiger partial charge in [-0.25, -0.2) is 9.59 Å². The molecule has 0 aliphatic heterocycles. The van der Waals surface area contributed by atoms with Gasteiger partial charge in [-0.3, -0.25) is 5.32 Å². The van der Waals surface area contributed by atoms with E-state index in [0.29, 0.717) is 22.6 Å². The van der Waals surface area contributed by atoms with Gasteiger partial charge in [-0.1, -0.05) is 12.1 Å². The van der Waals surface area contributed by atoms with Crippen molar-refractivity contribution in [1.29, 1.82) is 0 Å². The molecule has 0 spiro atoms. The quantitative estimate of drug-likeness (QED) is 0.859. The number of nitrogens with one attached hydrogen (secondary N) is 1. The Morgan fingerprint density at radius 2 is 1.80 bits per heavy atom. The molecule has 0 saturated carbocycles. The van der Waals surface area contributed by atoms with Crippen LogP contribution in [0.4, 0.5) is 10.5 Å². The molecule has 0 aliphatic rings. The summed E-state index contributed by atoms with van der Waals surface area (Å²) in [6.07, 6.45) is -0.571. The van der Waals surface area contributed by atoms with Crippen molar-refractivity contribution < 1.29 is 24.2 Å². The van der Waals surface area contributed by atoms with Crippen molar-refractivity contribution in [1.82, 2.24) is 0 Å². The second-order valence-electron chi connectivity index (χ2n) is 6.42. The number of rotatable bonds is 4. The molecular weight excluding hydrogens is 322 g/mol. The lowest BCUT2D eigenvalue weighted by Crippen LogP contribution is -2.27. The van der Waals surface area contributed by atoms with E-state index in [1.165, 1.54) is 13.2 Å². The number of carboxylic acid groups (broad SMARTS) is 1. The van der Waals surface area contributed by atoms with Gasteiger partial charge in [0.2, 0.25) is 0 Å². The number of aromatic carboxylic acids is 1. The van der Waals surface area contributed by atoms with Crippen LogP contribution in [0.1, 0.15) is 31.1 Å². The molecule has 2 aromatic rings. The number of anilines is 1. The van der Waals surface area contributed by atoms with Gasteiger partial charge in [-0.2, -0.15) is 0 Å². The lowest BCUT2D eigenvalue weighted by molar-refractivity contribution is 0.0634. The van der Waals surface area contributed by atoms with E-state index in [0.717, 1.165) is 0 Å². The maximum atomic E-state index is 11.9. The van der Waals surface area contributed by atoms with Gasteiger partial charge >= 0.3 is 12.1 Å². The molecule has 0 bridgehead atoms. The fourth-order valence-corrected chi connectivity index (χ4v) is 2.26. The molecule has 0 fully saturated rings. The van der Waals surface area contributed by atoms with Crippen LogP contribution >= 0.6 is 0 Å². The van der Waals surface area contributed by atoms with Gasteiger partial charge in [-0.15, -0.1) is 0 Å². The van der Waals surface area contributed by atoms with Crippen LogP contribution in [-0.4, -0.2) is 29.9 Å². The van der Waals surface area contributed by atoms with E-state index in [2.05, 4.69) is 5.32 Å². The third-order valence-corrected chi connectivity index (χ3v) is 3.28. The normalized spacial score (nSPS) is 10.9. The van der Waals surface area contributed by atoms with Crippen LogP contribution < -0.4 is 10.1 Å². The van der Waals surface area contributed by atoms with Gasteiger partial charge in [0, 0.05) is 5.69 Å². The summed E-state index contributed by atoms with van der Waals surface area (Å²) in [6, 6.07) is 11.7. The van der Waals surface area contributed by atoms with Crippen LogP contribution in [0.3, 0.4) is 0 Å². The summed E-state index contributed by atoms with van der Waals surface area (Å²) in [5.41, 5.74) is 1.22. The van der Waals surface area contributed by atoms with Crippen molar-refractivity contribution in [2.24, 2.45) is 0 Å². The van der Waals surface area contributed by atoms with Crippen molar-refractivity contribution in [3.05, 3.63) is 48.0 Å². The molecule has 6 heteroatoms. The fraction of sp³-hybridized carbons (Fsp3) is 0.263. The molecular formula is C19H21NO5. The van der Waals surface area contributed by atoms with Crippen LogP contribution in [0.5, 0.6) is 5.75 Å². The molecule has 2 rings (SSSR count). The number of carbonyl (C=O) groups is 2. The summed E-state index contributed by atoms with van der Waals surface area (Å²) in [5.74, 6) is -0.594. The molecule has 1 amide bonds. The smallest absolute Gasteiger partial charge is 0.412 e. The molecule has 0 saturated heterocycles. The summed E-state index contributed by atoms with van der Waals surface area (Å²) in [7, 11) is 1.48. The monoisotopic (exact) mass is 343 g/mol. The molecule has 0 atom stereocenters. The second kappa shape index (κ2) is 7.25. The minimum atomic E-state index is -1.06. The van der Waals surface area contributed by atoms with E-state index in [9.17, 15) is 14.7 Å². The van der Waals surface area contributed by atoms with Crippen molar-refractivity contribution in [2.75, 3.05) is 12.4 Å². The third-order valence-electron chi connectivity index (χ3n) is 3.28. The average molecular weight is 343 g/mol. The van der Waals surface area contributed by atoms with Crippen molar-refractivity contribution in [2.45, 2.75) is 26.4 Å². The highest BCUT2D eigenvalue weighted by Gasteiger charge is 2.17. The van der Waals surface area contributed by atoms with E-state index in [4.69, 9.17) is 9.47 Å². The standard InChI is InChI=1S/C19H21NO5/c1-19(2,3)25-18(23)20-13-7-5-6-12(10-13)15-9-8-14(24-4)11-16(15)17(21)22/h5-11H,1-4H3,(H,20,23)(H,21,22). The lowest BCUT2D eigenvalue weighted by atomic mass is 9.99. The zero-order valence-electron chi connectivity index (χ0n) is 14.6. The van der Waals surface area contributed by atoms with E-state index in [1.807, 2.05) is 0 Å². The summed E-state index contributed by atoms with van der Waals surface area (Å²) in [6.45, 7) is 5.33. The molecule has 6 nitrogen and oxygen atoms in total. The van der Waals surface area contributed by atoms with Gasteiger partial charge in [0.1, 0.15) is 11.4 Å². The number of hydrogen-bond acceptors (Lipinski definition) is 4. The number of amides is 1. The number of carboxylic acids is 1. The molecule has 2 N–H and O–H groups in total. The van der Waals surface area contributed by atoms with Gasteiger partial charge in [-0.05, 0) is 62.2 Å². The average Bonchev–Trinajstić information content (AvgIpc) is 2.52. The zero-order chi connectivity index (χ0) is 18.6. The largest absolute Gasteiger partial charge is 0.497 e. The van der Waals surface area contributed by atoms with Crippen LogP contribution in [0.2, 0.25) is 0 Å². The molecule has 0 aromatic heterocycles. The summed E-state index contributed by atoms with van der Waals surface area (Å²) in [4.78, 5) is 23.4. The Labute approximate surface area is 146 Å². The Hall–Kier alpha value is -3.02. The van der Waals surface area contributed by atoms with E-state index >= 15 is 0 Å². The number of benzene rings is 2. The van der Waals surface area contributed by atoms with Crippen LogP contribution in [0.25, 0.3) is 11.1 Å². The number of carbonyl (C=O) groups excluding carboxylic acids is 1. The van der Waals surface area contributed by atoms with Gasteiger partial charge in [0.15, 0.2) is 0 Å². The second-order valence-corrected chi connectivity index (χ2v) is 6.42. The van der Waals surface area contributed by atoms with Crippen molar-refractivity contribution >= 4 is 17.7 Å². The van der Waals surface area contributed by atoms with Crippen LogP contribution in [-0.2, 0) is 4.74 Å². The highest BCUT2D eigenvalue weighted by molar-refractivity contribution is 5.97. The van der Waals surface area contributed by atoms with E-state index in [1.54, 1.807) is 57.2 Å². The van der Waals surface area contributed by atoms with Crippen LogP contribution in [0.15, 0.2) is 42.5 Å². The maximum absolute atomic E-state index is 11.9. The van der Waals surface area contributed by atoms with Crippen molar-refractivity contribution in [3.8, 4) is 16.9 Å². The summed E-state index contributed by atoms with van der Waals surface area (Å²) >= 11 is 0. The first-order chi connectivity index (χ1) is 11.7. The van der Waals surface area contributed by atoms with Crippen molar-refractivity contribution in [3.63, 3.8) is 0 Å². The van der Waals surface area contributed by atoms with Gasteiger partial charge in [0.05, 0.1) is 12.7 Å². The first kappa shape index (κ1) is 18.3. The highest BCUT2D eigenvalue weighted by Crippen LogP contribution is 2.29. The Morgan fingerprint density at radius 1 is 1.08 bits per heavy atom. The Kier molecular flexibility index (Phi) is 5.32. The molecule has 25 heavy (non-hydrogen) atoms. The molecule has 0 heterocycles. The molecule has 0 unspecified atom stereocenters. The third kappa shape index (κ3) is 4.97. The van der Waals surface area contributed by atoms with E-state index < -0.39 is 17.7 Å².